The molecule has 1 aliphatic heterocycles. The third-order valence-electron chi connectivity index (χ3n) is 4.21. The summed E-state index contributed by atoms with van der Waals surface area (Å²) in [6, 6.07) is 0. The Hall–Kier alpha value is -0.650. The first kappa shape index (κ1) is 17.4. The molecule has 1 heterocycles. The van der Waals surface area contributed by atoms with E-state index in [1.807, 2.05) is 0 Å². The lowest BCUT2D eigenvalue weighted by Gasteiger charge is -2.36. The summed E-state index contributed by atoms with van der Waals surface area (Å²) in [6.45, 7) is 4.04. The van der Waals surface area contributed by atoms with Crippen molar-refractivity contribution in [1.82, 2.24) is 5.32 Å². The highest BCUT2D eigenvalue weighted by Crippen LogP contribution is 2.21. The average molecular weight is 286 g/mol. The first-order valence-electron chi connectivity index (χ1n) is 7.85. The molecule has 1 atom stereocenters. The monoisotopic (exact) mass is 286 g/mol. The molecule has 0 saturated carbocycles. The van der Waals surface area contributed by atoms with Crippen LogP contribution in [0.2, 0.25) is 0 Å². The second-order valence-corrected chi connectivity index (χ2v) is 5.87. The number of amides is 1. The van der Waals surface area contributed by atoms with Gasteiger partial charge in [-0.05, 0) is 38.1 Å². The Morgan fingerprint density at radius 1 is 1.35 bits per heavy atom. The summed E-state index contributed by atoms with van der Waals surface area (Å²) in [5, 5.41) is 12.6. The number of aliphatic hydroxyl groups is 1. The number of hydrogen-bond acceptors (Lipinski definition) is 4. The minimum atomic E-state index is -0.469. The second kappa shape index (κ2) is 9.32. The van der Waals surface area contributed by atoms with Crippen LogP contribution in [0.25, 0.3) is 0 Å². The van der Waals surface area contributed by atoms with Crippen LogP contribution in [0.4, 0.5) is 0 Å². The third kappa shape index (κ3) is 5.77. The van der Waals surface area contributed by atoms with Gasteiger partial charge in [-0.1, -0.05) is 19.8 Å². The molecule has 5 nitrogen and oxygen atoms in total. The molecule has 0 aromatic carbocycles. The molecular weight excluding hydrogens is 256 g/mol. The Morgan fingerprint density at radius 3 is 2.60 bits per heavy atom. The lowest BCUT2D eigenvalue weighted by Crippen LogP contribution is -2.54. The van der Waals surface area contributed by atoms with E-state index in [1.165, 1.54) is 0 Å². The van der Waals surface area contributed by atoms with Gasteiger partial charge in [-0.3, -0.25) is 4.79 Å². The number of carbonyl (C=O) groups excluding carboxylic acids is 1. The van der Waals surface area contributed by atoms with Crippen LogP contribution in [0.5, 0.6) is 0 Å². The van der Waals surface area contributed by atoms with Crippen LogP contribution in [0.3, 0.4) is 0 Å². The predicted molar refractivity (Wildman–Crippen MR) is 79.3 cm³/mol. The summed E-state index contributed by atoms with van der Waals surface area (Å²) in [4.78, 5) is 12.1. The molecule has 4 N–H and O–H groups in total. The van der Waals surface area contributed by atoms with E-state index in [0.29, 0.717) is 44.9 Å². The number of ether oxygens (including phenoxy) is 1. The van der Waals surface area contributed by atoms with Crippen molar-refractivity contribution < 1.29 is 14.6 Å². The van der Waals surface area contributed by atoms with Crippen molar-refractivity contribution in [1.29, 1.82) is 0 Å². The highest BCUT2D eigenvalue weighted by atomic mass is 16.5. The van der Waals surface area contributed by atoms with Gasteiger partial charge in [-0.15, -0.1) is 0 Å². The maximum Gasteiger partial charge on any atom is 0.220 e. The Bertz CT molecular complexity index is 272. The number of nitrogens with one attached hydrogen (secondary N) is 1. The lowest BCUT2D eigenvalue weighted by molar-refractivity contribution is -0.125. The Labute approximate surface area is 122 Å². The van der Waals surface area contributed by atoms with Crippen LogP contribution >= 0.6 is 0 Å². The number of carbonyl (C=O) groups is 1. The van der Waals surface area contributed by atoms with Gasteiger partial charge in [0.2, 0.25) is 5.91 Å². The number of hydrogen-bond donors (Lipinski definition) is 3. The van der Waals surface area contributed by atoms with E-state index in [0.717, 1.165) is 25.7 Å². The molecule has 20 heavy (non-hydrogen) atoms. The van der Waals surface area contributed by atoms with Gasteiger partial charge in [0.05, 0.1) is 12.1 Å². The predicted octanol–water partition coefficient (Wildman–Crippen LogP) is 1.19. The zero-order valence-corrected chi connectivity index (χ0v) is 12.7. The summed E-state index contributed by atoms with van der Waals surface area (Å²) in [5.41, 5.74) is 5.14. The van der Waals surface area contributed by atoms with E-state index in [9.17, 15) is 9.90 Å². The van der Waals surface area contributed by atoms with Crippen molar-refractivity contribution in [3.63, 3.8) is 0 Å². The fourth-order valence-electron chi connectivity index (χ4n) is 2.86. The summed E-state index contributed by atoms with van der Waals surface area (Å²) >= 11 is 0. The molecule has 118 valence electrons. The summed E-state index contributed by atoms with van der Waals surface area (Å²) < 4.78 is 5.29. The van der Waals surface area contributed by atoms with E-state index in [-0.39, 0.29) is 12.5 Å². The molecule has 1 saturated heterocycles. The van der Waals surface area contributed by atoms with Gasteiger partial charge >= 0.3 is 0 Å². The highest BCUT2D eigenvalue weighted by Gasteiger charge is 2.33. The lowest BCUT2D eigenvalue weighted by atomic mass is 9.90. The topological polar surface area (TPSA) is 84.6 Å². The Balaban J connectivity index is 2.37. The molecular formula is C15H30N2O3. The summed E-state index contributed by atoms with van der Waals surface area (Å²) in [5.74, 6) is 0.578. The highest BCUT2D eigenvalue weighted by molar-refractivity contribution is 5.76. The fraction of sp³-hybridized carbons (Fsp3) is 0.933. The largest absolute Gasteiger partial charge is 0.394 e. The van der Waals surface area contributed by atoms with Gasteiger partial charge in [0.25, 0.3) is 0 Å². The number of aliphatic hydroxyl groups excluding tert-OH is 1. The van der Waals surface area contributed by atoms with Crippen molar-refractivity contribution in [3.8, 4) is 0 Å². The first-order valence-corrected chi connectivity index (χ1v) is 7.85. The molecule has 0 spiro atoms. The molecule has 1 rings (SSSR count). The van der Waals surface area contributed by atoms with Crippen LogP contribution in [-0.4, -0.2) is 42.9 Å². The van der Waals surface area contributed by atoms with Gasteiger partial charge in [0, 0.05) is 19.6 Å². The minimum absolute atomic E-state index is 0.0106. The molecule has 5 heteroatoms. The molecule has 0 aromatic heterocycles. The van der Waals surface area contributed by atoms with Crippen LogP contribution in [-0.2, 0) is 9.53 Å². The van der Waals surface area contributed by atoms with E-state index < -0.39 is 5.54 Å². The zero-order valence-electron chi connectivity index (χ0n) is 12.7. The first-order chi connectivity index (χ1) is 9.65. The smallest absolute Gasteiger partial charge is 0.220 e. The summed E-state index contributed by atoms with van der Waals surface area (Å²) in [7, 11) is 0. The quantitative estimate of drug-likeness (QED) is 0.594. The molecule has 0 radical (unpaired) electrons. The molecule has 1 amide bonds. The molecule has 1 fully saturated rings. The van der Waals surface area contributed by atoms with Gasteiger partial charge in [0.15, 0.2) is 0 Å². The van der Waals surface area contributed by atoms with E-state index in [4.69, 9.17) is 10.5 Å². The molecule has 0 bridgehead atoms. The van der Waals surface area contributed by atoms with Gasteiger partial charge in [0.1, 0.15) is 0 Å². The van der Waals surface area contributed by atoms with Crippen molar-refractivity contribution in [3.05, 3.63) is 0 Å². The minimum Gasteiger partial charge on any atom is -0.394 e. The van der Waals surface area contributed by atoms with Crippen molar-refractivity contribution in [2.75, 3.05) is 26.4 Å². The molecule has 0 aromatic rings. The average Bonchev–Trinajstić information content (AvgIpc) is 2.46. The SMILES string of the molecule is CCCC(CCN)CCC(=O)NC1(CO)CCOCC1. The Kier molecular flexibility index (Phi) is 8.11. The maximum absolute atomic E-state index is 12.1. The van der Waals surface area contributed by atoms with Gasteiger partial charge < -0.3 is 20.9 Å². The van der Waals surface area contributed by atoms with Crippen LogP contribution < -0.4 is 11.1 Å². The normalized spacial score (nSPS) is 19.6. The van der Waals surface area contributed by atoms with E-state index in [2.05, 4.69) is 12.2 Å². The van der Waals surface area contributed by atoms with Crippen molar-refractivity contribution in [2.24, 2.45) is 11.7 Å². The van der Waals surface area contributed by atoms with Crippen LogP contribution in [0.1, 0.15) is 51.9 Å². The van der Waals surface area contributed by atoms with Gasteiger partial charge in [-0.2, -0.15) is 0 Å². The van der Waals surface area contributed by atoms with E-state index in [1.54, 1.807) is 0 Å². The number of nitrogens with two attached hydrogens (primary N) is 1. The fourth-order valence-corrected chi connectivity index (χ4v) is 2.86. The standard InChI is InChI=1S/C15H30N2O3/c1-2-3-13(6-9-16)4-5-14(19)17-15(12-18)7-10-20-11-8-15/h13,18H,2-12,16H2,1H3,(H,17,19). The third-order valence-corrected chi connectivity index (χ3v) is 4.21. The van der Waals surface area contributed by atoms with E-state index >= 15 is 0 Å². The maximum atomic E-state index is 12.1. The van der Waals surface area contributed by atoms with Crippen molar-refractivity contribution >= 4 is 5.91 Å². The molecule has 1 aliphatic rings. The van der Waals surface area contributed by atoms with Crippen LogP contribution in [0.15, 0.2) is 0 Å². The molecule has 0 aliphatic carbocycles. The number of rotatable bonds is 9. The van der Waals surface area contributed by atoms with Crippen LogP contribution in [0, 0.1) is 5.92 Å². The second-order valence-electron chi connectivity index (χ2n) is 5.87. The van der Waals surface area contributed by atoms with Gasteiger partial charge in [-0.25, -0.2) is 0 Å². The molecule has 1 unspecified atom stereocenters. The summed E-state index contributed by atoms with van der Waals surface area (Å²) in [6.07, 6.45) is 6.03. The Morgan fingerprint density at radius 2 is 2.05 bits per heavy atom. The zero-order chi connectivity index (χ0) is 14.8. The van der Waals surface area contributed by atoms with Crippen molar-refractivity contribution in [2.45, 2.75) is 57.4 Å².